The van der Waals surface area contributed by atoms with Crippen LogP contribution in [0.3, 0.4) is 0 Å². The Balaban J connectivity index is 1.46. The van der Waals surface area contributed by atoms with Gasteiger partial charge in [-0.2, -0.15) is 0 Å². The molecular formula is C41H40N6+2. The van der Waals surface area contributed by atoms with Gasteiger partial charge in [-0.25, -0.2) is 9.15 Å². The molecule has 6 nitrogen and oxygen atoms in total. The summed E-state index contributed by atoms with van der Waals surface area (Å²) < 4.78 is 4.42. The van der Waals surface area contributed by atoms with Crippen LogP contribution in [0.15, 0.2) is 109 Å². The lowest BCUT2D eigenvalue weighted by Gasteiger charge is -2.18. The molecule has 6 heteroatoms. The summed E-state index contributed by atoms with van der Waals surface area (Å²) in [5.74, 6) is 1.70. The number of aryl methyl sites for hydroxylation is 4. The summed E-state index contributed by atoms with van der Waals surface area (Å²) in [5.41, 5.74) is 12.9. The maximum atomic E-state index is 5.07. The first kappa shape index (κ1) is 31.4. The van der Waals surface area contributed by atoms with Crippen molar-refractivity contribution in [1.29, 1.82) is 0 Å². The lowest BCUT2D eigenvalue weighted by molar-refractivity contribution is 0.962. The number of hydrogen-bond acceptors (Lipinski definition) is 4. The van der Waals surface area contributed by atoms with E-state index in [0.29, 0.717) is 0 Å². The van der Waals surface area contributed by atoms with Gasteiger partial charge in [-0.1, -0.05) is 47.5 Å². The Bertz CT molecular complexity index is 1960. The Kier molecular flexibility index (Phi) is 9.20. The Morgan fingerprint density at radius 1 is 0.511 bits per heavy atom. The van der Waals surface area contributed by atoms with Gasteiger partial charge in [-0.05, 0) is 111 Å². The molecule has 0 aliphatic heterocycles. The molecule has 0 bridgehead atoms. The third kappa shape index (κ3) is 6.68. The van der Waals surface area contributed by atoms with Gasteiger partial charge in [0.25, 0.3) is 0 Å². The van der Waals surface area contributed by atoms with E-state index in [0.717, 1.165) is 52.2 Å². The third-order valence-corrected chi connectivity index (χ3v) is 8.24. The van der Waals surface area contributed by atoms with E-state index in [9.17, 15) is 0 Å². The van der Waals surface area contributed by atoms with Gasteiger partial charge in [0, 0.05) is 42.1 Å². The van der Waals surface area contributed by atoms with Gasteiger partial charge in [0.1, 0.15) is 22.8 Å². The fourth-order valence-electron chi connectivity index (χ4n) is 6.44. The molecule has 2 aromatic carbocycles. The van der Waals surface area contributed by atoms with Gasteiger partial charge in [0.05, 0.1) is 12.4 Å². The summed E-state index contributed by atoms with van der Waals surface area (Å²) in [7, 11) is 0. The number of pyridine rings is 4. The molecular weight excluding hydrogens is 576 g/mol. The first-order valence-corrected chi connectivity index (χ1v) is 16.0. The van der Waals surface area contributed by atoms with Crippen LogP contribution in [0.4, 0.5) is 23.0 Å². The number of aromatic nitrogens is 4. The fourth-order valence-corrected chi connectivity index (χ4v) is 6.44. The Morgan fingerprint density at radius 3 is 1.32 bits per heavy atom. The SMILES string of the molecule is CC=[N+](c1cccc(-c2ccccn2)n1)c1c(C)cc(C)cc1Cc1cc(C)cc(C)c1[N+](=CC)c1cccc(-c2ccccn2)n1. The summed E-state index contributed by atoms with van der Waals surface area (Å²) in [5, 5.41) is 0. The van der Waals surface area contributed by atoms with Crippen LogP contribution in [0.1, 0.15) is 47.2 Å². The molecule has 0 atom stereocenters. The average Bonchev–Trinajstić information content (AvgIpc) is 3.08. The monoisotopic (exact) mass is 616 g/mol. The minimum Gasteiger partial charge on any atom is -0.252 e. The highest BCUT2D eigenvalue weighted by molar-refractivity contribution is 5.76. The summed E-state index contributed by atoms with van der Waals surface area (Å²) in [6.45, 7) is 12.8. The highest BCUT2D eigenvalue weighted by Crippen LogP contribution is 2.36. The molecule has 0 unspecified atom stereocenters. The smallest absolute Gasteiger partial charge is 0.252 e. The van der Waals surface area contributed by atoms with Crippen molar-refractivity contribution in [3.63, 3.8) is 0 Å². The predicted molar refractivity (Wildman–Crippen MR) is 196 cm³/mol. The second-order valence-corrected chi connectivity index (χ2v) is 11.8. The minimum absolute atomic E-state index is 0.726. The van der Waals surface area contributed by atoms with Crippen LogP contribution in [0.2, 0.25) is 0 Å². The number of benzene rings is 2. The van der Waals surface area contributed by atoms with Crippen molar-refractivity contribution in [3.8, 4) is 22.8 Å². The van der Waals surface area contributed by atoms with Crippen molar-refractivity contribution in [3.05, 3.63) is 143 Å². The molecule has 0 spiro atoms. The van der Waals surface area contributed by atoms with Crippen molar-refractivity contribution in [2.75, 3.05) is 0 Å². The minimum atomic E-state index is 0.726. The molecule has 0 aliphatic carbocycles. The molecule has 0 saturated heterocycles. The standard InChI is InChI=1S/C41H40N6/c1-7-46(38-19-13-17-36(44-38)34-15-9-11-21-42-34)40-30(5)23-28(3)25-32(40)27-33-26-29(4)24-31(6)41(33)47(8-2)39-20-14-18-37(45-39)35-16-10-12-22-43-35/h7-26H,27H2,1-6H3/q+2. The molecule has 4 heterocycles. The first-order chi connectivity index (χ1) is 22.9. The van der Waals surface area contributed by atoms with Gasteiger partial charge in [0.15, 0.2) is 0 Å². The molecule has 0 aliphatic rings. The molecule has 6 aromatic rings. The van der Waals surface area contributed by atoms with Crippen molar-refractivity contribution < 1.29 is 0 Å². The number of nitrogens with zero attached hydrogens (tertiary/aromatic N) is 6. The van der Waals surface area contributed by atoms with Crippen LogP contribution in [-0.4, -0.2) is 32.4 Å². The van der Waals surface area contributed by atoms with E-state index in [2.05, 4.69) is 122 Å². The van der Waals surface area contributed by atoms with Crippen LogP contribution in [-0.2, 0) is 6.42 Å². The molecule has 47 heavy (non-hydrogen) atoms. The highest BCUT2D eigenvalue weighted by Gasteiger charge is 2.25. The summed E-state index contributed by atoms with van der Waals surface area (Å²) >= 11 is 0. The van der Waals surface area contributed by atoms with Gasteiger partial charge < -0.3 is 0 Å². The maximum absolute atomic E-state index is 5.07. The lowest BCUT2D eigenvalue weighted by atomic mass is 9.94. The third-order valence-electron chi connectivity index (χ3n) is 8.24. The van der Waals surface area contributed by atoms with Crippen molar-refractivity contribution in [2.24, 2.45) is 0 Å². The summed E-state index contributed by atoms with van der Waals surface area (Å²) in [4.78, 5) is 19.2. The van der Waals surface area contributed by atoms with Gasteiger partial charge in [-0.3, -0.25) is 9.97 Å². The van der Waals surface area contributed by atoms with Crippen LogP contribution < -0.4 is 9.15 Å². The summed E-state index contributed by atoms with van der Waals surface area (Å²) in [6, 6.07) is 33.2. The average molecular weight is 617 g/mol. The van der Waals surface area contributed by atoms with Gasteiger partial charge in [0.2, 0.25) is 11.4 Å². The lowest BCUT2D eigenvalue weighted by Crippen LogP contribution is -2.14. The maximum Gasteiger partial charge on any atom is 0.328 e. The zero-order valence-electron chi connectivity index (χ0n) is 27.9. The van der Waals surface area contributed by atoms with E-state index in [1.165, 1.54) is 33.4 Å². The highest BCUT2D eigenvalue weighted by atomic mass is 15.1. The largest absolute Gasteiger partial charge is 0.328 e. The van der Waals surface area contributed by atoms with E-state index >= 15 is 0 Å². The molecule has 0 N–H and O–H groups in total. The van der Waals surface area contributed by atoms with Gasteiger partial charge in [-0.15, -0.1) is 0 Å². The quantitative estimate of drug-likeness (QED) is 0.126. The number of rotatable bonds is 8. The van der Waals surface area contributed by atoms with Crippen LogP contribution in [0.5, 0.6) is 0 Å². The van der Waals surface area contributed by atoms with Crippen LogP contribution in [0.25, 0.3) is 22.8 Å². The van der Waals surface area contributed by atoms with E-state index in [1.54, 1.807) is 12.4 Å². The second-order valence-electron chi connectivity index (χ2n) is 11.8. The van der Waals surface area contributed by atoms with E-state index in [-0.39, 0.29) is 0 Å². The second kappa shape index (κ2) is 13.8. The molecule has 4 aromatic heterocycles. The predicted octanol–water partition coefficient (Wildman–Crippen LogP) is 9.28. The first-order valence-electron chi connectivity index (χ1n) is 16.0. The van der Waals surface area contributed by atoms with Crippen molar-refractivity contribution in [2.45, 2.75) is 48.0 Å². The molecule has 6 rings (SSSR count). The zero-order valence-corrected chi connectivity index (χ0v) is 27.9. The van der Waals surface area contributed by atoms with E-state index in [1.807, 2.05) is 48.5 Å². The van der Waals surface area contributed by atoms with Crippen molar-refractivity contribution >= 4 is 35.4 Å². The Hall–Kier alpha value is -5.62. The Labute approximate surface area is 277 Å². The molecule has 0 fully saturated rings. The number of hydrogen-bond donors (Lipinski definition) is 0. The van der Waals surface area contributed by atoms with Crippen LogP contribution in [0, 0.1) is 27.7 Å². The molecule has 232 valence electrons. The topological polar surface area (TPSA) is 57.6 Å². The van der Waals surface area contributed by atoms with Gasteiger partial charge >= 0.3 is 11.6 Å². The molecule has 0 saturated carbocycles. The van der Waals surface area contributed by atoms with Crippen LogP contribution >= 0.6 is 0 Å². The molecule has 0 amide bonds. The zero-order chi connectivity index (χ0) is 32.9. The van der Waals surface area contributed by atoms with E-state index < -0.39 is 0 Å². The Morgan fingerprint density at radius 2 is 0.936 bits per heavy atom. The van der Waals surface area contributed by atoms with E-state index in [4.69, 9.17) is 9.97 Å². The molecule has 0 radical (unpaired) electrons. The normalized spacial score (nSPS) is 12.0. The van der Waals surface area contributed by atoms with Crippen molar-refractivity contribution in [1.82, 2.24) is 29.1 Å². The fraction of sp³-hybridized carbons (Fsp3) is 0.171. The summed E-state index contributed by atoms with van der Waals surface area (Å²) in [6.07, 6.45) is 8.54.